The van der Waals surface area contributed by atoms with Crippen LogP contribution in [0.25, 0.3) is 31.8 Å². The summed E-state index contributed by atoms with van der Waals surface area (Å²) in [4.78, 5) is 35.6. The van der Waals surface area contributed by atoms with Gasteiger partial charge in [-0.3, -0.25) is 14.5 Å². The second kappa shape index (κ2) is 22.2. The second-order valence-electron chi connectivity index (χ2n) is 16.3. The number of thiophene rings is 1. The van der Waals surface area contributed by atoms with E-state index < -0.39 is 12.1 Å². The number of piperazine rings is 1. The fourth-order valence-electron chi connectivity index (χ4n) is 8.03. The largest absolute Gasteiger partial charge is 0.491 e. The molecule has 0 saturated carbocycles. The van der Waals surface area contributed by atoms with E-state index in [1.54, 1.807) is 12.4 Å². The zero-order chi connectivity index (χ0) is 45.1. The van der Waals surface area contributed by atoms with E-state index in [1.807, 2.05) is 66.2 Å². The molecule has 4 aromatic heterocycles. The molecular formula is C48H57ClN8O7S. The zero-order valence-corrected chi connectivity index (χ0v) is 38.9. The number of fused-ring (bicyclic) bond motifs is 1. The third kappa shape index (κ3) is 11.5. The summed E-state index contributed by atoms with van der Waals surface area (Å²) in [6.07, 6.45) is 5.71. The number of likely N-dealkylation sites (N-methyl/N-ethyl adjacent to an activating group) is 1. The van der Waals surface area contributed by atoms with Gasteiger partial charge < -0.3 is 33.7 Å². The molecule has 17 heteroatoms. The maximum absolute atomic E-state index is 13.1. The van der Waals surface area contributed by atoms with E-state index in [0.717, 1.165) is 118 Å². The molecule has 0 spiro atoms. The first-order chi connectivity index (χ1) is 31.7. The number of carboxylic acid groups (broad SMARTS) is 1. The number of morpholine rings is 1. The molecule has 15 nitrogen and oxygen atoms in total. The van der Waals surface area contributed by atoms with Gasteiger partial charge in [-0.05, 0) is 61.3 Å². The van der Waals surface area contributed by atoms with Crippen LogP contribution in [0, 0.1) is 6.92 Å². The molecule has 2 aliphatic heterocycles. The van der Waals surface area contributed by atoms with Crippen molar-refractivity contribution in [3.8, 4) is 44.8 Å². The molecule has 0 aliphatic carbocycles. The molecule has 1 N–H and O–H groups in total. The number of rotatable bonds is 21. The smallest absolute Gasteiger partial charge is 0.345 e. The van der Waals surface area contributed by atoms with Crippen molar-refractivity contribution in [3.05, 3.63) is 95.2 Å². The molecule has 2 saturated heterocycles. The number of hydrogen-bond donors (Lipinski definition) is 1. The van der Waals surface area contributed by atoms with Crippen LogP contribution in [0.5, 0.6) is 23.3 Å². The molecule has 1 atom stereocenters. The predicted molar refractivity (Wildman–Crippen MR) is 252 cm³/mol. The number of aryl methyl sites for hydroxylation is 1. The Balaban J connectivity index is 1.09. The molecule has 6 heterocycles. The van der Waals surface area contributed by atoms with Crippen LogP contribution in [0.15, 0.2) is 73.3 Å². The first-order valence-corrected chi connectivity index (χ1v) is 23.6. The SMILES string of the molecule is CCCCn1nccc1COc1ccccc1CC(Oc1ncnc2sc(-c3ccc(OCCN4CCOCC4)nc3)c(-c3ccc(OCCN4CCN(C)CC4)c(Cl)c3C)c12)C(=O)O. The van der Waals surface area contributed by atoms with Gasteiger partial charge >= 0.3 is 5.97 Å². The number of benzene rings is 2. The van der Waals surface area contributed by atoms with E-state index in [-0.39, 0.29) is 18.9 Å². The minimum Gasteiger partial charge on any atom is -0.491 e. The molecule has 2 fully saturated rings. The van der Waals surface area contributed by atoms with E-state index in [1.165, 1.54) is 17.7 Å². The van der Waals surface area contributed by atoms with Gasteiger partial charge in [0.1, 0.15) is 42.5 Å². The number of halogens is 1. The van der Waals surface area contributed by atoms with Gasteiger partial charge in [0.05, 0.1) is 29.3 Å². The van der Waals surface area contributed by atoms with Crippen LogP contribution in [0.4, 0.5) is 0 Å². The highest BCUT2D eigenvalue weighted by molar-refractivity contribution is 7.22. The van der Waals surface area contributed by atoms with Gasteiger partial charge in [-0.25, -0.2) is 19.7 Å². The number of unbranched alkanes of at least 4 members (excludes halogenated alkanes) is 1. The van der Waals surface area contributed by atoms with Gasteiger partial charge in [0.15, 0.2) is 0 Å². The van der Waals surface area contributed by atoms with Gasteiger partial charge in [0, 0.05) is 99.8 Å². The van der Waals surface area contributed by atoms with E-state index in [9.17, 15) is 9.90 Å². The molecule has 0 amide bonds. The van der Waals surface area contributed by atoms with Gasteiger partial charge in [0.2, 0.25) is 17.9 Å². The number of para-hydroxylation sites is 1. The number of aromatic nitrogens is 5. The Morgan fingerprint density at radius 2 is 1.68 bits per heavy atom. The Labute approximate surface area is 388 Å². The lowest BCUT2D eigenvalue weighted by Gasteiger charge is -2.32. The van der Waals surface area contributed by atoms with Crippen molar-refractivity contribution in [2.24, 2.45) is 0 Å². The third-order valence-electron chi connectivity index (χ3n) is 11.9. The molecule has 6 aromatic rings. The molecule has 2 aromatic carbocycles. The number of carboxylic acids is 1. The Morgan fingerprint density at radius 1 is 0.892 bits per heavy atom. The van der Waals surface area contributed by atoms with Crippen molar-refractivity contribution in [2.45, 2.75) is 52.4 Å². The van der Waals surface area contributed by atoms with E-state index in [2.05, 4.69) is 43.7 Å². The summed E-state index contributed by atoms with van der Waals surface area (Å²) < 4.78 is 32.5. The lowest BCUT2D eigenvalue weighted by Crippen LogP contribution is -2.45. The van der Waals surface area contributed by atoms with Gasteiger partial charge in [0.25, 0.3) is 0 Å². The van der Waals surface area contributed by atoms with Gasteiger partial charge in [-0.1, -0.05) is 49.2 Å². The van der Waals surface area contributed by atoms with E-state index in [4.69, 9.17) is 40.3 Å². The summed E-state index contributed by atoms with van der Waals surface area (Å²) in [7, 11) is 2.14. The molecule has 1 unspecified atom stereocenters. The number of hydrogen-bond acceptors (Lipinski definition) is 14. The Kier molecular flexibility index (Phi) is 15.8. The highest BCUT2D eigenvalue weighted by Gasteiger charge is 2.29. The minimum atomic E-state index is -1.32. The molecule has 2 aliphatic rings. The number of pyridine rings is 1. The van der Waals surface area contributed by atoms with E-state index >= 15 is 0 Å². The summed E-state index contributed by atoms with van der Waals surface area (Å²) in [5.41, 5.74) is 4.77. The number of carbonyl (C=O) groups is 1. The topological polar surface area (TPSA) is 150 Å². The van der Waals surface area contributed by atoms with Crippen LogP contribution in [-0.2, 0) is 29.1 Å². The highest BCUT2D eigenvalue weighted by atomic mass is 35.5. The van der Waals surface area contributed by atoms with Crippen LogP contribution in [0.3, 0.4) is 0 Å². The van der Waals surface area contributed by atoms with Crippen molar-refractivity contribution in [1.82, 2.24) is 39.4 Å². The average molecular weight is 926 g/mol. The second-order valence-corrected chi connectivity index (χ2v) is 17.7. The standard InChI is InChI=1S/C48H57ClN8O7S/c1-4-5-16-57-36(14-15-53-57)31-63-38-9-7-6-8-34(38)29-40(48(58)59)64-46-43-42(37-11-12-39(44(49)33(37)2)61-27-23-55-19-17-54(3)18-20-55)45(65-47(43)52-32-51-46)35-10-13-41(50-30-35)62-28-24-56-21-25-60-26-22-56/h6-15,30,32,40H,4-5,16-29,31H2,1-3H3,(H,58,59). The lowest BCUT2D eigenvalue weighted by molar-refractivity contribution is -0.145. The molecule has 344 valence electrons. The minimum absolute atomic E-state index is 0.0143. The van der Waals surface area contributed by atoms with Crippen LogP contribution in [0.2, 0.25) is 5.02 Å². The van der Waals surface area contributed by atoms with Crippen molar-refractivity contribution in [1.29, 1.82) is 0 Å². The Bertz CT molecular complexity index is 2510. The quantitative estimate of drug-likeness (QED) is 0.0766. The van der Waals surface area contributed by atoms with Crippen LogP contribution >= 0.6 is 22.9 Å². The zero-order valence-electron chi connectivity index (χ0n) is 37.3. The molecule has 8 rings (SSSR count). The number of ether oxygens (including phenoxy) is 5. The van der Waals surface area contributed by atoms with Crippen molar-refractivity contribution in [2.75, 3.05) is 85.8 Å². The summed E-state index contributed by atoms with van der Waals surface area (Å²) in [6, 6.07) is 17.1. The molecule has 0 radical (unpaired) electrons. The van der Waals surface area contributed by atoms with Gasteiger partial charge in [-0.15, -0.1) is 11.3 Å². The average Bonchev–Trinajstić information content (AvgIpc) is 3.95. The number of aliphatic carboxylic acids is 1. The predicted octanol–water partition coefficient (Wildman–Crippen LogP) is 7.37. The van der Waals surface area contributed by atoms with Crippen molar-refractivity contribution >= 4 is 39.1 Å². The summed E-state index contributed by atoms with van der Waals surface area (Å²) in [5.74, 6) is 0.660. The fraction of sp³-hybridized carbons (Fsp3) is 0.438. The maximum atomic E-state index is 13.1. The fourth-order valence-corrected chi connectivity index (χ4v) is 9.39. The van der Waals surface area contributed by atoms with E-state index in [0.29, 0.717) is 51.4 Å². The monoisotopic (exact) mass is 924 g/mol. The first kappa shape index (κ1) is 46.2. The van der Waals surface area contributed by atoms with Crippen LogP contribution < -0.4 is 18.9 Å². The summed E-state index contributed by atoms with van der Waals surface area (Å²) in [6.45, 7) is 15.1. The molecular weight excluding hydrogens is 868 g/mol. The summed E-state index contributed by atoms with van der Waals surface area (Å²) >= 11 is 8.59. The maximum Gasteiger partial charge on any atom is 0.345 e. The first-order valence-electron chi connectivity index (χ1n) is 22.4. The lowest BCUT2D eigenvalue weighted by atomic mass is 9.96. The van der Waals surface area contributed by atoms with Crippen LogP contribution in [0.1, 0.15) is 36.6 Å². The normalized spacial score (nSPS) is 15.6. The molecule has 65 heavy (non-hydrogen) atoms. The third-order valence-corrected chi connectivity index (χ3v) is 13.5. The van der Waals surface area contributed by atoms with Crippen LogP contribution in [-0.4, -0.2) is 142 Å². The summed E-state index contributed by atoms with van der Waals surface area (Å²) in [5, 5.41) is 16.2. The highest BCUT2D eigenvalue weighted by Crippen LogP contribution is 2.49. The van der Waals surface area contributed by atoms with Gasteiger partial charge in [-0.2, -0.15) is 5.10 Å². The Morgan fingerprint density at radius 3 is 2.45 bits per heavy atom. The van der Waals surface area contributed by atoms with Crippen molar-refractivity contribution in [3.63, 3.8) is 0 Å². The van der Waals surface area contributed by atoms with Crippen molar-refractivity contribution < 1.29 is 33.6 Å². The Hall–Kier alpha value is -5.36. The molecule has 0 bridgehead atoms. The number of nitrogens with zero attached hydrogens (tertiary/aromatic N) is 8.